The van der Waals surface area contributed by atoms with Crippen molar-refractivity contribution in [1.82, 2.24) is 10.2 Å². The van der Waals surface area contributed by atoms with E-state index in [1.165, 1.54) is 4.90 Å². The van der Waals surface area contributed by atoms with Gasteiger partial charge in [0, 0.05) is 16.2 Å². The van der Waals surface area contributed by atoms with Crippen LogP contribution in [0.25, 0.3) is 0 Å². The number of sulfonamides is 1. The first-order chi connectivity index (χ1) is 16.2. The second-order valence-corrected chi connectivity index (χ2v) is 11.8. The molecule has 3 rings (SSSR count). The number of benzene rings is 2. The Hall–Kier alpha value is -2.14. The number of carbonyl (C=O) groups excluding carboxylic acids is 2. The van der Waals surface area contributed by atoms with Crippen molar-refractivity contribution in [3.8, 4) is 0 Å². The second-order valence-electron chi connectivity index (χ2n) is 8.67. The molecule has 0 radical (unpaired) electrons. The van der Waals surface area contributed by atoms with Gasteiger partial charge < -0.3 is 10.2 Å². The van der Waals surface area contributed by atoms with Crippen LogP contribution in [0, 0.1) is 3.57 Å². The van der Waals surface area contributed by atoms with Gasteiger partial charge in [-0.25, -0.2) is 8.42 Å². The summed E-state index contributed by atoms with van der Waals surface area (Å²) >= 11 is 2.14. The maximum absolute atomic E-state index is 13.6. The second kappa shape index (κ2) is 12.0. The molecular formula is C25H32IN3O4S. The van der Waals surface area contributed by atoms with Gasteiger partial charge in [0.15, 0.2) is 0 Å². The molecule has 2 aromatic carbocycles. The highest BCUT2D eigenvalue weighted by Crippen LogP contribution is 2.22. The minimum atomic E-state index is -3.72. The van der Waals surface area contributed by atoms with E-state index >= 15 is 0 Å². The third-order valence-electron chi connectivity index (χ3n) is 6.08. The average Bonchev–Trinajstić information content (AvgIpc) is 3.31. The number of carbonyl (C=O) groups is 2. The molecule has 0 heterocycles. The number of hydrogen-bond acceptors (Lipinski definition) is 4. The van der Waals surface area contributed by atoms with Crippen LogP contribution in [0.1, 0.15) is 44.6 Å². The van der Waals surface area contributed by atoms with Gasteiger partial charge in [0.05, 0.1) is 11.9 Å². The zero-order valence-corrected chi connectivity index (χ0v) is 22.6. The highest BCUT2D eigenvalue weighted by Gasteiger charge is 2.32. The van der Waals surface area contributed by atoms with Crippen molar-refractivity contribution in [2.75, 3.05) is 17.1 Å². The van der Waals surface area contributed by atoms with Crippen LogP contribution < -0.4 is 9.62 Å². The van der Waals surface area contributed by atoms with Crippen molar-refractivity contribution in [1.29, 1.82) is 0 Å². The number of nitrogens with zero attached hydrogens (tertiary/aromatic N) is 2. The van der Waals surface area contributed by atoms with E-state index in [9.17, 15) is 18.0 Å². The van der Waals surface area contributed by atoms with Gasteiger partial charge in [-0.15, -0.1) is 0 Å². The van der Waals surface area contributed by atoms with Crippen molar-refractivity contribution < 1.29 is 18.0 Å². The van der Waals surface area contributed by atoms with E-state index in [2.05, 4.69) is 27.9 Å². The van der Waals surface area contributed by atoms with E-state index in [0.29, 0.717) is 12.1 Å². The lowest BCUT2D eigenvalue weighted by Gasteiger charge is -2.33. The molecule has 1 unspecified atom stereocenters. The van der Waals surface area contributed by atoms with E-state index in [-0.39, 0.29) is 25.0 Å². The molecule has 7 nitrogen and oxygen atoms in total. The molecule has 0 bridgehead atoms. The summed E-state index contributed by atoms with van der Waals surface area (Å²) in [7, 11) is -3.72. The van der Waals surface area contributed by atoms with E-state index < -0.39 is 22.0 Å². The Morgan fingerprint density at radius 1 is 1.06 bits per heavy atom. The molecule has 9 heteroatoms. The zero-order chi connectivity index (χ0) is 24.7. The fourth-order valence-electron chi connectivity index (χ4n) is 4.29. The summed E-state index contributed by atoms with van der Waals surface area (Å²) in [5, 5.41) is 3.11. The van der Waals surface area contributed by atoms with Crippen LogP contribution in [0.5, 0.6) is 0 Å². The molecule has 1 fully saturated rings. The van der Waals surface area contributed by atoms with Crippen molar-refractivity contribution >= 4 is 50.1 Å². The van der Waals surface area contributed by atoms with Crippen molar-refractivity contribution in [2.24, 2.45) is 0 Å². The molecule has 1 atom stereocenters. The average molecular weight is 598 g/mol. The molecule has 0 aliphatic heterocycles. The molecule has 0 aromatic heterocycles. The number of halogens is 1. The summed E-state index contributed by atoms with van der Waals surface area (Å²) < 4.78 is 27.3. The molecule has 2 aromatic rings. The van der Waals surface area contributed by atoms with Crippen molar-refractivity contribution in [3.63, 3.8) is 0 Å². The Morgan fingerprint density at radius 2 is 1.68 bits per heavy atom. The molecule has 34 heavy (non-hydrogen) atoms. The van der Waals surface area contributed by atoms with Crippen molar-refractivity contribution in [2.45, 2.75) is 57.7 Å². The Kier molecular flexibility index (Phi) is 9.35. The molecule has 0 spiro atoms. The Balaban J connectivity index is 1.89. The van der Waals surface area contributed by atoms with Gasteiger partial charge in [0.25, 0.3) is 0 Å². The standard InChI is InChI=1S/C25H32IN3O4S/c1-3-23(25(31)27-21-11-7-8-12-21)28(17-19-9-5-4-6-10-19)24(30)18-29(34(2,32)33)22-15-13-20(26)14-16-22/h4-6,9-10,13-16,21,23H,3,7-8,11-12,17-18H2,1-2H3,(H,27,31). The van der Waals surface area contributed by atoms with Crippen LogP contribution in [0.4, 0.5) is 5.69 Å². The third kappa shape index (κ3) is 7.18. The van der Waals surface area contributed by atoms with Gasteiger partial charge in [-0.1, -0.05) is 50.1 Å². The summed E-state index contributed by atoms with van der Waals surface area (Å²) in [5.74, 6) is -0.597. The monoisotopic (exact) mass is 597 g/mol. The smallest absolute Gasteiger partial charge is 0.244 e. The topological polar surface area (TPSA) is 86.8 Å². The van der Waals surface area contributed by atoms with Gasteiger partial charge in [-0.3, -0.25) is 13.9 Å². The number of amides is 2. The number of nitrogens with one attached hydrogen (secondary N) is 1. The van der Waals surface area contributed by atoms with Crippen LogP contribution in [0.15, 0.2) is 54.6 Å². The van der Waals surface area contributed by atoms with Gasteiger partial charge in [-0.05, 0) is 71.7 Å². The van der Waals surface area contributed by atoms with Crippen LogP contribution in [-0.4, -0.2) is 50.0 Å². The quantitative estimate of drug-likeness (QED) is 0.421. The maximum Gasteiger partial charge on any atom is 0.244 e. The Labute approximate surface area is 216 Å². The highest BCUT2D eigenvalue weighted by molar-refractivity contribution is 14.1. The lowest BCUT2D eigenvalue weighted by Crippen LogP contribution is -2.53. The Bertz CT molecular complexity index is 1070. The first-order valence-corrected chi connectivity index (χ1v) is 14.5. The first-order valence-electron chi connectivity index (χ1n) is 11.6. The van der Waals surface area contributed by atoms with Gasteiger partial charge in [0.1, 0.15) is 12.6 Å². The molecule has 0 saturated heterocycles. The van der Waals surface area contributed by atoms with E-state index in [4.69, 9.17) is 0 Å². The number of rotatable bonds is 10. The summed E-state index contributed by atoms with van der Waals surface area (Å²) in [6.07, 6.45) is 5.60. The van der Waals surface area contributed by atoms with E-state index in [1.54, 1.807) is 24.3 Å². The third-order valence-corrected chi connectivity index (χ3v) is 7.94. The lowest BCUT2D eigenvalue weighted by molar-refractivity contribution is -0.140. The summed E-state index contributed by atoms with van der Waals surface area (Å²) in [4.78, 5) is 28.4. The largest absolute Gasteiger partial charge is 0.352 e. The summed E-state index contributed by atoms with van der Waals surface area (Å²) in [6, 6.07) is 15.9. The van der Waals surface area contributed by atoms with E-state index in [0.717, 1.165) is 45.4 Å². The molecular weight excluding hydrogens is 565 g/mol. The zero-order valence-electron chi connectivity index (χ0n) is 19.6. The Morgan fingerprint density at radius 3 is 2.24 bits per heavy atom. The summed E-state index contributed by atoms with van der Waals surface area (Å²) in [5.41, 5.74) is 1.29. The normalized spacial score (nSPS) is 15.0. The van der Waals surface area contributed by atoms with Crippen LogP contribution in [0.2, 0.25) is 0 Å². The highest BCUT2D eigenvalue weighted by atomic mass is 127. The molecule has 1 aliphatic rings. The molecule has 1 saturated carbocycles. The van der Waals surface area contributed by atoms with Crippen LogP contribution >= 0.6 is 22.6 Å². The lowest BCUT2D eigenvalue weighted by atomic mass is 10.1. The fraction of sp³-hybridized carbons (Fsp3) is 0.440. The number of hydrogen-bond donors (Lipinski definition) is 1. The van der Waals surface area contributed by atoms with Gasteiger partial charge in [-0.2, -0.15) is 0 Å². The molecule has 1 aliphatic carbocycles. The minimum Gasteiger partial charge on any atom is -0.352 e. The number of anilines is 1. The summed E-state index contributed by atoms with van der Waals surface area (Å²) in [6.45, 7) is 1.72. The van der Waals surface area contributed by atoms with E-state index in [1.807, 2.05) is 37.3 Å². The SMILES string of the molecule is CCC(C(=O)NC1CCCC1)N(Cc1ccccc1)C(=O)CN(c1ccc(I)cc1)S(C)(=O)=O. The van der Waals surface area contributed by atoms with Crippen LogP contribution in [0.3, 0.4) is 0 Å². The van der Waals surface area contributed by atoms with Gasteiger partial charge >= 0.3 is 0 Å². The van der Waals surface area contributed by atoms with Crippen molar-refractivity contribution in [3.05, 3.63) is 63.7 Å². The first kappa shape index (κ1) is 26.5. The fourth-order valence-corrected chi connectivity index (χ4v) is 5.50. The van der Waals surface area contributed by atoms with Gasteiger partial charge in [0.2, 0.25) is 21.8 Å². The predicted octanol–water partition coefficient (Wildman–Crippen LogP) is 3.92. The minimum absolute atomic E-state index is 0.134. The predicted molar refractivity (Wildman–Crippen MR) is 143 cm³/mol. The van der Waals surface area contributed by atoms with Crippen LogP contribution in [-0.2, 0) is 26.2 Å². The molecule has 2 amide bonds. The molecule has 184 valence electrons. The maximum atomic E-state index is 13.6. The molecule has 1 N–H and O–H groups in total.